The van der Waals surface area contributed by atoms with E-state index in [1.807, 2.05) is 5.32 Å². The number of anilines is 1. The minimum atomic E-state index is -5.26. The molecule has 10 heteroatoms. The quantitative estimate of drug-likeness (QED) is 0.555. The van der Waals surface area contributed by atoms with Crippen molar-refractivity contribution in [3.8, 4) is 0 Å². The number of pyridine rings is 1. The Bertz CT molecular complexity index is 859. The van der Waals surface area contributed by atoms with Gasteiger partial charge in [0.05, 0.1) is 17.2 Å². The van der Waals surface area contributed by atoms with Crippen LogP contribution in [0.5, 0.6) is 0 Å². The van der Waals surface area contributed by atoms with Crippen molar-refractivity contribution in [3.05, 3.63) is 58.7 Å². The molecule has 0 radical (unpaired) electrons. The van der Waals surface area contributed by atoms with Crippen molar-refractivity contribution in [2.45, 2.75) is 25.7 Å². The molecular weight excluding hydrogens is 399 g/mol. The van der Waals surface area contributed by atoms with Crippen LogP contribution in [-0.2, 0) is 9.53 Å². The highest BCUT2D eigenvalue weighted by Gasteiger charge is 2.64. The van der Waals surface area contributed by atoms with Gasteiger partial charge in [0.15, 0.2) is 0 Å². The van der Waals surface area contributed by atoms with Crippen LogP contribution < -0.4 is 10.6 Å². The maximum absolute atomic E-state index is 14.1. The van der Waals surface area contributed by atoms with Crippen molar-refractivity contribution < 1.29 is 27.5 Å². The zero-order valence-electron chi connectivity index (χ0n) is 14.9. The molecule has 0 aliphatic rings. The summed E-state index contributed by atoms with van der Waals surface area (Å²) >= 11 is 5.89. The molecule has 28 heavy (non-hydrogen) atoms. The highest BCUT2D eigenvalue weighted by atomic mass is 35.5. The first-order valence-electron chi connectivity index (χ1n) is 8.12. The topological polar surface area (TPSA) is 80.3 Å². The van der Waals surface area contributed by atoms with Crippen molar-refractivity contribution >= 4 is 29.3 Å². The highest BCUT2D eigenvalue weighted by Crippen LogP contribution is 2.33. The molecule has 6 nitrogen and oxygen atoms in total. The number of hydrogen-bond donors (Lipinski definition) is 2. The number of carbonyl (C=O) groups is 2. The first kappa shape index (κ1) is 21.5. The largest absolute Gasteiger partial charge is 0.463 e. The molecule has 1 heterocycles. The van der Waals surface area contributed by atoms with E-state index in [0.717, 1.165) is 0 Å². The zero-order valence-corrected chi connectivity index (χ0v) is 15.7. The average molecular weight is 416 g/mol. The summed E-state index contributed by atoms with van der Waals surface area (Å²) in [5, 5.41) is 3.60. The van der Waals surface area contributed by atoms with Gasteiger partial charge in [-0.3, -0.25) is 4.79 Å². The van der Waals surface area contributed by atoms with Crippen molar-refractivity contribution in [1.82, 2.24) is 10.3 Å². The van der Waals surface area contributed by atoms with Gasteiger partial charge in [-0.25, -0.2) is 9.78 Å². The Kier molecular flexibility index (Phi) is 6.50. The van der Waals surface area contributed by atoms with Gasteiger partial charge in [-0.2, -0.15) is 13.2 Å². The monoisotopic (exact) mass is 415 g/mol. The average Bonchev–Trinajstić information content (AvgIpc) is 2.62. The number of amides is 1. The van der Waals surface area contributed by atoms with Gasteiger partial charge in [0.1, 0.15) is 5.82 Å². The normalized spacial score (nSPS) is 13.4. The maximum Gasteiger partial charge on any atom is 0.441 e. The number of nitrogens with one attached hydrogen (secondary N) is 2. The Labute approximate surface area is 164 Å². The number of rotatable bonds is 6. The highest BCUT2D eigenvalue weighted by molar-refractivity contribution is 6.33. The number of aromatic nitrogens is 1. The molecule has 2 rings (SSSR count). The van der Waals surface area contributed by atoms with Crippen molar-refractivity contribution in [1.29, 1.82) is 0 Å². The predicted octanol–water partition coefficient (Wildman–Crippen LogP) is 3.71. The van der Waals surface area contributed by atoms with Gasteiger partial charge in [0.25, 0.3) is 5.91 Å². The van der Waals surface area contributed by atoms with Crippen LogP contribution in [-0.4, -0.2) is 35.3 Å². The minimum absolute atomic E-state index is 0.0756. The van der Waals surface area contributed by atoms with Gasteiger partial charge in [-0.1, -0.05) is 29.8 Å². The smallest absolute Gasteiger partial charge is 0.441 e. The second kappa shape index (κ2) is 8.47. The molecule has 1 aromatic carbocycles. The first-order valence-corrected chi connectivity index (χ1v) is 8.50. The number of aryl methyl sites for hydroxylation is 1. The third-order valence-electron chi connectivity index (χ3n) is 3.65. The lowest BCUT2D eigenvalue weighted by molar-refractivity contribution is -0.204. The summed E-state index contributed by atoms with van der Waals surface area (Å²) in [4.78, 5) is 28.7. The first-order chi connectivity index (χ1) is 13.1. The SMILES string of the molecule is CCOC(=O)C(NC(=O)c1ccccc1Cl)(Nc1ccc(C)cn1)C(F)(F)F. The summed E-state index contributed by atoms with van der Waals surface area (Å²) in [7, 11) is 0. The molecule has 2 N–H and O–H groups in total. The van der Waals surface area contributed by atoms with Crippen LogP contribution in [0.4, 0.5) is 19.0 Å². The number of alkyl halides is 3. The summed E-state index contributed by atoms with van der Waals surface area (Å²) in [6, 6.07) is 8.25. The second-order valence-corrected chi connectivity index (χ2v) is 6.16. The Morgan fingerprint density at radius 2 is 1.86 bits per heavy atom. The minimum Gasteiger partial charge on any atom is -0.463 e. The Morgan fingerprint density at radius 1 is 1.18 bits per heavy atom. The predicted molar refractivity (Wildman–Crippen MR) is 96.9 cm³/mol. The molecule has 1 aromatic heterocycles. The zero-order chi connectivity index (χ0) is 20.9. The molecule has 0 saturated heterocycles. The van der Waals surface area contributed by atoms with E-state index in [0.29, 0.717) is 5.56 Å². The van der Waals surface area contributed by atoms with E-state index >= 15 is 0 Å². The molecule has 1 amide bonds. The Morgan fingerprint density at radius 3 is 2.39 bits per heavy atom. The molecule has 1 atom stereocenters. The van der Waals surface area contributed by atoms with E-state index in [2.05, 4.69) is 9.72 Å². The van der Waals surface area contributed by atoms with Crippen molar-refractivity contribution in [2.24, 2.45) is 0 Å². The lowest BCUT2D eigenvalue weighted by Crippen LogP contribution is -2.69. The number of halogens is 4. The van der Waals surface area contributed by atoms with E-state index in [1.54, 1.807) is 12.2 Å². The van der Waals surface area contributed by atoms with Gasteiger partial charge < -0.3 is 15.4 Å². The fourth-order valence-electron chi connectivity index (χ4n) is 2.25. The standard InChI is InChI=1S/C18H17ClF3N3O3/c1-3-28-16(27)17(18(20,21)22,24-14-9-8-11(2)10-23-14)25-15(26)12-6-4-5-7-13(12)19/h4-10H,3H2,1-2H3,(H,23,24)(H,25,26). The lowest BCUT2D eigenvalue weighted by atomic mass is 10.1. The molecule has 2 aromatic rings. The second-order valence-electron chi connectivity index (χ2n) is 5.75. The van der Waals surface area contributed by atoms with Crippen LogP contribution in [0.15, 0.2) is 42.6 Å². The summed E-state index contributed by atoms with van der Waals surface area (Å²) < 4.78 is 46.8. The number of benzene rings is 1. The molecule has 0 bridgehead atoms. The number of hydrogen-bond acceptors (Lipinski definition) is 5. The molecule has 0 aliphatic carbocycles. The molecule has 0 aliphatic heterocycles. The van der Waals surface area contributed by atoms with Crippen LogP contribution in [0.3, 0.4) is 0 Å². The van der Waals surface area contributed by atoms with Gasteiger partial charge in [0, 0.05) is 6.20 Å². The number of ether oxygens (including phenoxy) is 1. The third-order valence-corrected chi connectivity index (χ3v) is 3.98. The van der Waals surface area contributed by atoms with E-state index in [9.17, 15) is 22.8 Å². The van der Waals surface area contributed by atoms with E-state index < -0.39 is 23.7 Å². The van der Waals surface area contributed by atoms with Crippen LogP contribution in [0.1, 0.15) is 22.8 Å². The summed E-state index contributed by atoms with van der Waals surface area (Å²) in [5.74, 6) is -3.23. The van der Waals surface area contributed by atoms with Gasteiger partial charge in [-0.15, -0.1) is 0 Å². The van der Waals surface area contributed by atoms with Gasteiger partial charge in [0.2, 0.25) is 0 Å². The van der Waals surface area contributed by atoms with Crippen molar-refractivity contribution in [3.63, 3.8) is 0 Å². The van der Waals surface area contributed by atoms with Gasteiger partial charge >= 0.3 is 17.8 Å². The lowest BCUT2D eigenvalue weighted by Gasteiger charge is -2.35. The fourth-order valence-corrected chi connectivity index (χ4v) is 2.47. The van der Waals surface area contributed by atoms with Crippen LogP contribution in [0, 0.1) is 6.92 Å². The van der Waals surface area contributed by atoms with Crippen molar-refractivity contribution in [2.75, 3.05) is 11.9 Å². The molecule has 1 unspecified atom stereocenters. The fraction of sp³-hybridized carbons (Fsp3) is 0.278. The van der Waals surface area contributed by atoms with Crippen LogP contribution >= 0.6 is 11.6 Å². The molecule has 150 valence electrons. The number of nitrogens with zero attached hydrogens (tertiary/aromatic N) is 1. The van der Waals surface area contributed by atoms with Crippen LogP contribution in [0.2, 0.25) is 5.02 Å². The van der Waals surface area contributed by atoms with E-state index in [1.165, 1.54) is 49.5 Å². The summed E-state index contributed by atoms with van der Waals surface area (Å²) in [6.45, 7) is 2.71. The summed E-state index contributed by atoms with van der Waals surface area (Å²) in [6.07, 6.45) is -3.95. The molecule has 0 spiro atoms. The number of esters is 1. The Hall–Kier alpha value is -2.81. The van der Waals surface area contributed by atoms with E-state index in [4.69, 9.17) is 11.6 Å². The summed E-state index contributed by atoms with van der Waals surface area (Å²) in [5.41, 5.74) is -3.11. The number of carbonyl (C=O) groups excluding carboxylic acids is 2. The molecular formula is C18H17ClF3N3O3. The maximum atomic E-state index is 14.1. The molecule has 0 saturated carbocycles. The van der Waals surface area contributed by atoms with Crippen LogP contribution in [0.25, 0.3) is 0 Å². The molecule has 0 fully saturated rings. The van der Waals surface area contributed by atoms with Gasteiger partial charge in [-0.05, 0) is 37.6 Å². The Balaban J connectivity index is 2.52. The third kappa shape index (κ3) is 4.53. The van der Waals surface area contributed by atoms with E-state index in [-0.39, 0.29) is 23.0 Å².